The van der Waals surface area contributed by atoms with Crippen molar-refractivity contribution in [3.63, 3.8) is 0 Å². The Balaban J connectivity index is 1.06. The van der Waals surface area contributed by atoms with Crippen molar-refractivity contribution in [2.24, 2.45) is 0 Å². The van der Waals surface area contributed by atoms with Crippen LogP contribution in [0.25, 0.3) is 28.3 Å². The number of benzene rings is 1. The van der Waals surface area contributed by atoms with Crippen molar-refractivity contribution in [1.82, 2.24) is 34.3 Å². The van der Waals surface area contributed by atoms with Crippen LogP contribution in [0.2, 0.25) is 0 Å². The Labute approximate surface area is 227 Å². The molecule has 4 aromatic heterocycles. The number of carbonyl (C=O) groups is 1. The van der Waals surface area contributed by atoms with Crippen LogP contribution in [0.1, 0.15) is 12.8 Å². The summed E-state index contributed by atoms with van der Waals surface area (Å²) in [6.45, 7) is 4.47. The van der Waals surface area contributed by atoms with Crippen LogP contribution < -0.4 is 15.4 Å². The van der Waals surface area contributed by atoms with E-state index in [0.29, 0.717) is 60.4 Å². The quantitative estimate of drug-likeness (QED) is 0.247. The third kappa shape index (κ3) is 5.12. The molecule has 0 aliphatic carbocycles. The molecule has 0 saturated carbocycles. The van der Waals surface area contributed by atoms with Gasteiger partial charge in [-0.15, -0.1) is 5.10 Å². The Bertz CT molecular complexity index is 1640. The Morgan fingerprint density at radius 3 is 2.73 bits per heavy atom. The average Bonchev–Trinajstić information content (AvgIpc) is 3.70. The van der Waals surface area contributed by atoms with Crippen molar-refractivity contribution in [3.05, 3.63) is 48.6 Å². The molecule has 0 atom stereocenters. The van der Waals surface area contributed by atoms with E-state index in [4.69, 9.17) is 20.0 Å². The lowest BCUT2D eigenvalue weighted by atomic mass is 10.2. The highest BCUT2D eigenvalue weighted by Gasteiger charge is 2.21. The van der Waals surface area contributed by atoms with Crippen molar-refractivity contribution in [2.45, 2.75) is 19.4 Å². The Morgan fingerprint density at radius 2 is 1.98 bits per heavy atom. The number of anilines is 2. The largest absolute Gasteiger partial charge is 0.493 e. The Kier molecular flexibility index (Phi) is 6.90. The predicted molar refractivity (Wildman–Crippen MR) is 144 cm³/mol. The molecule has 0 bridgehead atoms. The Hall–Kier alpha value is -4.72. The number of halogens is 1. The van der Waals surface area contributed by atoms with E-state index >= 15 is 0 Å². The number of nitrogens with two attached hydrogens (primary N) is 1. The second-order valence-electron chi connectivity index (χ2n) is 9.51. The summed E-state index contributed by atoms with van der Waals surface area (Å²) in [7, 11) is 0. The molecule has 5 heterocycles. The van der Waals surface area contributed by atoms with Crippen LogP contribution in [0, 0.1) is 5.82 Å². The minimum atomic E-state index is -0.878. The van der Waals surface area contributed by atoms with Crippen molar-refractivity contribution in [2.75, 3.05) is 50.0 Å². The molecular weight excluding hydrogens is 521 g/mol. The molecule has 1 aliphatic heterocycles. The highest BCUT2D eigenvalue weighted by atomic mass is 19.1. The van der Waals surface area contributed by atoms with Crippen molar-refractivity contribution < 1.29 is 23.4 Å². The number of carboxylic acids is 1. The summed E-state index contributed by atoms with van der Waals surface area (Å²) in [6.07, 6.45) is 3.67. The first-order valence-corrected chi connectivity index (χ1v) is 13.0. The third-order valence-electron chi connectivity index (χ3n) is 6.90. The average molecular weight is 550 g/mol. The summed E-state index contributed by atoms with van der Waals surface area (Å²) in [4.78, 5) is 24.0. The van der Waals surface area contributed by atoms with Crippen LogP contribution in [-0.4, -0.2) is 84.7 Å². The highest BCUT2D eigenvalue weighted by molar-refractivity contribution is 5.90. The van der Waals surface area contributed by atoms with Gasteiger partial charge in [0.05, 0.1) is 36.7 Å². The van der Waals surface area contributed by atoms with Gasteiger partial charge in [-0.25, -0.2) is 14.1 Å². The molecule has 0 amide bonds. The van der Waals surface area contributed by atoms with Crippen molar-refractivity contribution in [3.8, 4) is 17.3 Å². The molecule has 0 unspecified atom stereocenters. The zero-order valence-corrected chi connectivity index (χ0v) is 21.6. The molecule has 208 valence electrons. The summed E-state index contributed by atoms with van der Waals surface area (Å²) < 4.78 is 29.0. The summed E-state index contributed by atoms with van der Waals surface area (Å²) in [5.41, 5.74) is 7.92. The SMILES string of the molecule is Nc1nc2c(cnn2CCN2CCN(c3ccc(OCCCC(=O)O)cc3F)CC2)c2nc(-c3ccco3)nn12. The van der Waals surface area contributed by atoms with Gasteiger partial charge in [0, 0.05) is 45.2 Å². The fraction of sp³-hybridized carbons (Fsp3) is 0.346. The van der Waals surface area contributed by atoms with Crippen LogP contribution in [-0.2, 0) is 11.3 Å². The fourth-order valence-electron chi connectivity index (χ4n) is 4.83. The molecule has 40 heavy (non-hydrogen) atoms. The van der Waals surface area contributed by atoms with E-state index in [-0.39, 0.29) is 24.8 Å². The molecule has 1 saturated heterocycles. The van der Waals surface area contributed by atoms with Crippen molar-refractivity contribution >= 4 is 34.3 Å². The summed E-state index contributed by atoms with van der Waals surface area (Å²) >= 11 is 0. The van der Waals surface area contributed by atoms with Gasteiger partial charge in [0.25, 0.3) is 0 Å². The number of furan rings is 1. The molecule has 0 spiro atoms. The van der Waals surface area contributed by atoms with Gasteiger partial charge in [0.1, 0.15) is 11.6 Å². The molecule has 1 fully saturated rings. The number of hydrogen-bond donors (Lipinski definition) is 2. The van der Waals surface area contributed by atoms with Crippen LogP contribution >= 0.6 is 0 Å². The van der Waals surface area contributed by atoms with E-state index in [9.17, 15) is 9.18 Å². The second-order valence-corrected chi connectivity index (χ2v) is 9.51. The maximum Gasteiger partial charge on any atom is 0.303 e. The smallest absolute Gasteiger partial charge is 0.303 e. The van der Waals surface area contributed by atoms with Gasteiger partial charge in [-0.1, -0.05) is 0 Å². The highest BCUT2D eigenvalue weighted by Crippen LogP contribution is 2.26. The second kappa shape index (κ2) is 10.8. The lowest BCUT2D eigenvalue weighted by molar-refractivity contribution is -0.137. The molecular formula is C26H28FN9O4. The van der Waals surface area contributed by atoms with Gasteiger partial charge in [-0.3, -0.25) is 9.69 Å². The van der Waals surface area contributed by atoms with Crippen LogP contribution in [0.15, 0.2) is 47.2 Å². The number of aromatic nitrogens is 6. The molecule has 6 rings (SSSR count). The number of piperazine rings is 1. The fourth-order valence-corrected chi connectivity index (χ4v) is 4.83. The monoisotopic (exact) mass is 549 g/mol. The standard InChI is InChI=1S/C26H28FN9O4/c27-19-15-17(39-13-2-4-22(37)38)5-6-20(19)34-10-7-33(8-11-34)9-12-35-24-18(16-29-35)25-30-23(21-3-1-14-40-21)32-36(25)26(28)31-24/h1,3,5-6,14-16H,2,4,7-13H2,(H2,28,31)(H,37,38). The van der Waals surface area contributed by atoms with E-state index in [0.717, 1.165) is 25.0 Å². The number of nitrogens with zero attached hydrogens (tertiary/aromatic N) is 8. The number of aliphatic carboxylic acids is 1. The first-order valence-electron chi connectivity index (χ1n) is 13.0. The zero-order valence-electron chi connectivity index (χ0n) is 21.6. The van der Waals surface area contributed by atoms with Crippen molar-refractivity contribution in [1.29, 1.82) is 0 Å². The van der Waals surface area contributed by atoms with E-state index in [1.165, 1.54) is 10.6 Å². The summed E-state index contributed by atoms with van der Waals surface area (Å²) in [5, 5.41) is 18.4. The van der Waals surface area contributed by atoms with Crippen LogP contribution in [0.3, 0.4) is 0 Å². The van der Waals surface area contributed by atoms with Gasteiger partial charge in [-0.05, 0) is 30.7 Å². The molecule has 3 N–H and O–H groups in total. The molecule has 5 aromatic rings. The number of nitrogen functional groups attached to an aromatic ring is 1. The number of hydrogen-bond acceptors (Lipinski definition) is 10. The first-order chi connectivity index (χ1) is 19.5. The summed E-state index contributed by atoms with van der Waals surface area (Å²) in [6, 6.07) is 8.34. The summed E-state index contributed by atoms with van der Waals surface area (Å²) in [5.74, 6) is 0.335. The normalized spacial score (nSPS) is 14.4. The van der Waals surface area contributed by atoms with E-state index in [2.05, 4.69) is 25.1 Å². The van der Waals surface area contributed by atoms with Gasteiger partial charge in [-0.2, -0.15) is 14.6 Å². The molecule has 1 aromatic carbocycles. The van der Waals surface area contributed by atoms with Crippen LogP contribution in [0.4, 0.5) is 16.0 Å². The van der Waals surface area contributed by atoms with Gasteiger partial charge >= 0.3 is 5.97 Å². The molecule has 1 aliphatic rings. The van der Waals surface area contributed by atoms with Gasteiger partial charge < -0.3 is 24.9 Å². The van der Waals surface area contributed by atoms with Gasteiger partial charge in [0.2, 0.25) is 11.8 Å². The number of fused-ring (bicyclic) bond motifs is 3. The number of carboxylic acid groups (broad SMARTS) is 1. The Morgan fingerprint density at radius 1 is 1.12 bits per heavy atom. The minimum absolute atomic E-state index is 0.0190. The third-order valence-corrected chi connectivity index (χ3v) is 6.90. The lowest BCUT2D eigenvalue weighted by Gasteiger charge is -2.36. The van der Waals surface area contributed by atoms with E-state index in [1.54, 1.807) is 36.7 Å². The maximum absolute atomic E-state index is 14.8. The molecule has 13 nitrogen and oxygen atoms in total. The van der Waals surface area contributed by atoms with E-state index in [1.807, 2.05) is 9.58 Å². The van der Waals surface area contributed by atoms with Gasteiger partial charge in [0.15, 0.2) is 17.1 Å². The first kappa shape index (κ1) is 25.6. The minimum Gasteiger partial charge on any atom is -0.493 e. The maximum atomic E-state index is 14.8. The zero-order chi connectivity index (χ0) is 27.6. The number of ether oxygens (including phenoxy) is 1. The van der Waals surface area contributed by atoms with Crippen LogP contribution in [0.5, 0.6) is 5.75 Å². The molecule has 0 radical (unpaired) electrons. The van der Waals surface area contributed by atoms with E-state index < -0.39 is 5.97 Å². The number of rotatable bonds is 10. The topological polar surface area (TPSA) is 153 Å². The molecule has 14 heteroatoms. The predicted octanol–water partition coefficient (Wildman–Crippen LogP) is 2.52. The lowest BCUT2D eigenvalue weighted by Crippen LogP contribution is -2.47.